The SMILES string of the molecule is [Br-].[CH2-]CCCC(OCC)OCC.[Mg+2]. The van der Waals surface area contributed by atoms with E-state index in [1.165, 1.54) is 0 Å². The molecule has 0 aromatic carbocycles. The van der Waals surface area contributed by atoms with Gasteiger partial charge in [0.1, 0.15) is 0 Å². The molecule has 0 aromatic heterocycles. The van der Waals surface area contributed by atoms with Crippen molar-refractivity contribution in [3.05, 3.63) is 6.92 Å². The van der Waals surface area contributed by atoms with Crippen molar-refractivity contribution < 1.29 is 26.5 Å². The largest absolute Gasteiger partial charge is 2.00 e. The molecule has 2 nitrogen and oxygen atoms in total. The van der Waals surface area contributed by atoms with Gasteiger partial charge >= 0.3 is 23.1 Å². The molecule has 0 fully saturated rings. The molecule has 0 aliphatic rings. The first kappa shape index (κ1) is 19.7. The number of unbranched alkanes of at least 4 members (excludes halogenated alkanes) is 1. The summed E-state index contributed by atoms with van der Waals surface area (Å²) in [4.78, 5) is 0. The number of halogens is 1. The average molecular weight is 263 g/mol. The number of hydrogen-bond acceptors (Lipinski definition) is 2. The van der Waals surface area contributed by atoms with Gasteiger partial charge in [-0.25, -0.2) is 0 Å². The van der Waals surface area contributed by atoms with Crippen LogP contribution in [0.5, 0.6) is 0 Å². The van der Waals surface area contributed by atoms with E-state index in [9.17, 15) is 0 Å². The van der Waals surface area contributed by atoms with Crippen LogP contribution in [0.1, 0.15) is 33.1 Å². The summed E-state index contributed by atoms with van der Waals surface area (Å²) in [7, 11) is 0. The van der Waals surface area contributed by atoms with E-state index in [0.717, 1.165) is 32.5 Å². The smallest absolute Gasteiger partial charge is 1.00 e. The fraction of sp³-hybridized carbons (Fsp3) is 0.889. The Morgan fingerprint density at radius 1 is 1.15 bits per heavy atom. The van der Waals surface area contributed by atoms with Crippen molar-refractivity contribution >= 4 is 23.1 Å². The van der Waals surface area contributed by atoms with E-state index in [-0.39, 0.29) is 46.3 Å². The molecule has 0 atom stereocenters. The molecule has 0 heterocycles. The van der Waals surface area contributed by atoms with E-state index in [4.69, 9.17) is 9.47 Å². The minimum Gasteiger partial charge on any atom is -1.00 e. The molecule has 0 aliphatic carbocycles. The maximum Gasteiger partial charge on any atom is 2.00 e. The Hall–Kier alpha value is 1.17. The molecule has 0 aromatic rings. The van der Waals surface area contributed by atoms with Crippen LogP contribution in [0, 0.1) is 6.92 Å². The van der Waals surface area contributed by atoms with Crippen molar-refractivity contribution in [1.29, 1.82) is 0 Å². The second-order valence-electron chi connectivity index (χ2n) is 2.34. The van der Waals surface area contributed by atoms with Gasteiger partial charge < -0.3 is 33.4 Å². The zero-order chi connectivity index (χ0) is 8.53. The summed E-state index contributed by atoms with van der Waals surface area (Å²) in [5.74, 6) is 0. The van der Waals surface area contributed by atoms with Gasteiger partial charge in [0.25, 0.3) is 0 Å². The molecule has 0 radical (unpaired) electrons. The van der Waals surface area contributed by atoms with E-state index in [1.54, 1.807) is 0 Å². The number of ether oxygens (including phenoxy) is 2. The van der Waals surface area contributed by atoms with Gasteiger partial charge in [-0.05, 0) is 20.3 Å². The zero-order valence-electron chi connectivity index (χ0n) is 8.72. The Morgan fingerprint density at radius 2 is 1.62 bits per heavy atom. The zero-order valence-corrected chi connectivity index (χ0v) is 11.7. The first-order valence-electron chi connectivity index (χ1n) is 4.37. The topological polar surface area (TPSA) is 18.5 Å². The molecule has 0 unspecified atom stereocenters. The fourth-order valence-electron chi connectivity index (χ4n) is 0.898. The van der Waals surface area contributed by atoms with Gasteiger partial charge in [0.05, 0.1) is 0 Å². The summed E-state index contributed by atoms with van der Waals surface area (Å²) in [6.45, 7) is 9.18. The first-order valence-corrected chi connectivity index (χ1v) is 4.37. The van der Waals surface area contributed by atoms with Crippen molar-refractivity contribution in [2.24, 2.45) is 0 Å². The second kappa shape index (κ2) is 15.6. The van der Waals surface area contributed by atoms with Gasteiger partial charge in [-0.3, -0.25) is 0 Å². The summed E-state index contributed by atoms with van der Waals surface area (Å²) in [5, 5.41) is 0. The molecule has 0 saturated heterocycles. The first-order chi connectivity index (χ1) is 5.35. The molecule has 0 saturated carbocycles. The van der Waals surface area contributed by atoms with Crippen molar-refractivity contribution in [3.63, 3.8) is 0 Å². The fourth-order valence-corrected chi connectivity index (χ4v) is 0.898. The van der Waals surface area contributed by atoms with Gasteiger partial charge in [0.15, 0.2) is 6.29 Å². The molecule has 0 amide bonds. The van der Waals surface area contributed by atoms with Crippen LogP contribution < -0.4 is 17.0 Å². The Balaban J connectivity index is -0.000000500. The molecule has 0 rings (SSSR count). The standard InChI is InChI=1S/C9H19O2.BrH.Mg/c1-4-7-8-9(10-5-2)11-6-3;;/h9H,1,4-8H2,2-3H3;1H;/q-1;;+2/p-1. The van der Waals surface area contributed by atoms with Crippen LogP contribution in [0.2, 0.25) is 0 Å². The molecular formula is C9H19BrMgO2. The predicted octanol–water partition coefficient (Wildman–Crippen LogP) is -0.987. The Bertz CT molecular complexity index is 78.0. The van der Waals surface area contributed by atoms with E-state index in [0.29, 0.717) is 0 Å². The number of rotatable bonds is 7. The van der Waals surface area contributed by atoms with Crippen molar-refractivity contribution in [2.75, 3.05) is 13.2 Å². The van der Waals surface area contributed by atoms with Crippen LogP contribution in [0.3, 0.4) is 0 Å². The van der Waals surface area contributed by atoms with Crippen LogP contribution in [0.15, 0.2) is 0 Å². The summed E-state index contributed by atoms with van der Waals surface area (Å²) in [5.41, 5.74) is 0. The average Bonchev–Trinajstić information content (AvgIpc) is 2.01. The molecule has 4 heteroatoms. The van der Waals surface area contributed by atoms with Crippen LogP contribution >= 0.6 is 0 Å². The molecule has 13 heavy (non-hydrogen) atoms. The van der Waals surface area contributed by atoms with E-state index >= 15 is 0 Å². The van der Waals surface area contributed by atoms with Crippen molar-refractivity contribution in [3.8, 4) is 0 Å². The van der Waals surface area contributed by atoms with Gasteiger partial charge in [0.2, 0.25) is 0 Å². The third kappa shape index (κ3) is 13.2. The normalized spacial score (nSPS) is 9.23. The second-order valence-corrected chi connectivity index (χ2v) is 2.34. The molecule has 0 spiro atoms. The third-order valence-electron chi connectivity index (χ3n) is 1.39. The van der Waals surface area contributed by atoms with Crippen molar-refractivity contribution in [1.82, 2.24) is 0 Å². The monoisotopic (exact) mass is 262 g/mol. The molecular weight excluding hydrogens is 244 g/mol. The van der Waals surface area contributed by atoms with E-state index in [1.807, 2.05) is 13.8 Å². The minimum absolute atomic E-state index is 0. The maximum absolute atomic E-state index is 5.33. The maximum atomic E-state index is 5.33. The van der Waals surface area contributed by atoms with Crippen LogP contribution in [-0.4, -0.2) is 42.6 Å². The van der Waals surface area contributed by atoms with E-state index in [2.05, 4.69) is 6.92 Å². The molecule has 0 aliphatic heterocycles. The van der Waals surface area contributed by atoms with Crippen LogP contribution in [0.25, 0.3) is 0 Å². The Labute approximate surface area is 109 Å². The summed E-state index contributed by atoms with van der Waals surface area (Å²) in [6.07, 6.45) is 2.98. The molecule has 0 bridgehead atoms. The van der Waals surface area contributed by atoms with Gasteiger partial charge in [0, 0.05) is 13.2 Å². The Morgan fingerprint density at radius 3 is 1.92 bits per heavy atom. The van der Waals surface area contributed by atoms with Crippen molar-refractivity contribution in [2.45, 2.75) is 39.4 Å². The number of hydrogen-bond donors (Lipinski definition) is 0. The van der Waals surface area contributed by atoms with Crippen LogP contribution in [-0.2, 0) is 9.47 Å². The predicted molar refractivity (Wildman–Crippen MR) is 52.0 cm³/mol. The van der Waals surface area contributed by atoms with Gasteiger partial charge in [-0.1, -0.05) is 6.42 Å². The summed E-state index contributed by atoms with van der Waals surface area (Å²) in [6, 6.07) is 0. The van der Waals surface area contributed by atoms with Crippen LogP contribution in [0.4, 0.5) is 0 Å². The van der Waals surface area contributed by atoms with E-state index < -0.39 is 0 Å². The quantitative estimate of drug-likeness (QED) is 0.334. The Kier molecular flexibility index (Phi) is 23.7. The third-order valence-corrected chi connectivity index (χ3v) is 1.39. The van der Waals surface area contributed by atoms with Gasteiger partial charge in [-0.2, -0.15) is 6.42 Å². The minimum atomic E-state index is -0.00764. The summed E-state index contributed by atoms with van der Waals surface area (Å²) < 4.78 is 10.7. The summed E-state index contributed by atoms with van der Waals surface area (Å²) >= 11 is 0. The molecule has 0 N–H and O–H groups in total. The van der Waals surface area contributed by atoms with Gasteiger partial charge in [-0.15, -0.1) is 0 Å². The molecule has 76 valence electrons.